The minimum absolute atomic E-state index is 1.37. The first kappa shape index (κ1) is 26.2. The molecule has 0 aromatic heterocycles. The van der Waals surface area contributed by atoms with E-state index >= 15 is 0 Å². The van der Waals surface area contributed by atoms with Gasteiger partial charge in [-0.1, -0.05) is 156 Å². The fourth-order valence-electron chi connectivity index (χ4n) is 3.12. The van der Waals surface area contributed by atoms with Crippen LogP contribution in [0.15, 0.2) is 0 Å². The average molecular weight is 341 g/mol. The molecule has 0 aliphatic carbocycles. The molecule has 0 saturated heterocycles. The van der Waals surface area contributed by atoms with Crippen LogP contribution < -0.4 is 0 Å². The molecule has 0 atom stereocenters. The van der Waals surface area contributed by atoms with Gasteiger partial charge in [0.15, 0.2) is 0 Å². The van der Waals surface area contributed by atoms with Crippen LogP contribution in [0.2, 0.25) is 0 Å². The summed E-state index contributed by atoms with van der Waals surface area (Å²) in [6.45, 7) is 9.11. The van der Waals surface area contributed by atoms with Crippen molar-refractivity contribution in [2.24, 2.45) is 0 Å². The second-order valence-corrected chi connectivity index (χ2v) is 7.66. The summed E-state index contributed by atoms with van der Waals surface area (Å²) in [7, 11) is 0. The van der Waals surface area contributed by atoms with E-state index in [2.05, 4.69) is 27.7 Å². The van der Waals surface area contributed by atoms with Crippen molar-refractivity contribution in [3.8, 4) is 0 Å². The predicted molar refractivity (Wildman–Crippen MR) is 115 cm³/mol. The quantitative estimate of drug-likeness (QED) is 0.218. The van der Waals surface area contributed by atoms with Gasteiger partial charge in [0.1, 0.15) is 0 Å². The van der Waals surface area contributed by atoms with Gasteiger partial charge in [-0.3, -0.25) is 0 Å². The highest BCUT2D eigenvalue weighted by Crippen LogP contribution is 2.11. The van der Waals surface area contributed by atoms with Crippen molar-refractivity contribution in [1.82, 2.24) is 0 Å². The minimum atomic E-state index is 1.37. The zero-order valence-corrected chi connectivity index (χ0v) is 18.1. The van der Waals surface area contributed by atoms with E-state index in [0.717, 1.165) is 0 Å². The molecule has 148 valence electrons. The Bertz CT molecular complexity index is 155. The van der Waals surface area contributed by atoms with Crippen LogP contribution in [0.5, 0.6) is 0 Å². The van der Waals surface area contributed by atoms with Gasteiger partial charge >= 0.3 is 0 Å². The van der Waals surface area contributed by atoms with Crippen LogP contribution in [-0.4, -0.2) is 0 Å². The molecule has 0 spiro atoms. The molecular formula is C24H52. The van der Waals surface area contributed by atoms with Gasteiger partial charge in [-0.2, -0.15) is 0 Å². The first-order valence-corrected chi connectivity index (χ1v) is 11.8. The number of unbranched alkanes of at least 4 members (excludes halogenated alkanes) is 18. The molecular weight excluding hydrogens is 288 g/mol. The highest BCUT2D eigenvalue weighted by molar-refractivity contribution is 4.47. The average Bonchev–Trinajstić information content (AvgIpc) is 2.60. The maximum atomic E-state index is 2.28. The molecule has 0 amide bonds. The summed E-state index contributed by atoms with van der Waals surface area (Å²) in [6.07, 6.45) is 28.9. The monoisotopic (exact) mass is 340 g/mol. The molecule has 0 rings (SSSR count). The summed E-state index contributed by atoms with van der Waals surface area (Å²) in [5.74, 6) is 0. The lowest BCUT2D eigenvalue weighted by Gasteiger charge is -2.00. The molecule has 0 heterocycles. The van der Waals surface area contributed by atoms with E-state index in [1.165, 1.54) is 128 Å². The van der Waals surface area contributed by atoms with Crippen molar-refractivity contribution >= 4 is 0 Å². The summed E-state index contributed by atoms with van der Waals surface area (Å²) in [5, 5.41) is 0. The van der Waals surface area contributed by atoms with E-state index in [-0.39, 0.29) is 0 Å². The van der Waals surface area contributed by atoms with Crippen LogP contribution in [0.4, 0.5) is 0 Å². The van der Waals surface area contributed by atoms with Gasteiger partial charge in [-0.15, -0.1) is 0 Å². The van der Waals surface area contributed by atoms with Crippen LogP contribution in [0.3, 0.4) is 0 Å². The van der Waals surface area contributed by atoms with Gasteiger partial charge in [0.05, 0.1) is 0 Å². The second kappa shape index (κ2) is 27.8. The van der Waals surface area contributed by atoms with Crippen molar-refractivity contribution in [3.63, 3.8) is 0 Å². The Balaban J connectivity index is 0. The van der Waals surface area contributed by atoms with Gasteiger partial charge in [-0.05, 0) is 0 Å². The van der Waals surface area contributed by atoms with E-state index in [0.29, 0.717) is 0 Å². The van der Waals surface area contributed by atoms with E-state index < -0.39 is 0 Å². The van der Waals surface area contributed by atoms with E-state index in [1.807, 2.05) is 0 Å². The van der Waals surface area contributed by atoms with Crippen molar-refractivity contribution in [2.75, 3.05) is 0 Å². The van der Waals surface area contributed by atoms with Crippen molar-refractivity contribution < 1.29 is 0 Å². The molecule has 0 bridgehead atoms. The Morgan fingerprint density at radius 1 is 0.208 bits per heavy atom. The minimum Gasteiger partial charge on any atom is -0.0654 e. The standard InChI is InChI=1S/C13H28.C11H24/c1-3-5-7-9-11-13-12-10-8-6-4-2;1-3-5-7-9-11-10-8-6-4-2/h3-13H2,1-2H3;3-11H2,1-2H3. The molecule has 0 aromatic rings. The van der Waals surface area contributed by atoms with Crippen molar-refractivity contribution in [2.45, 2.75) is 156 Å². The molecule has 0 N–H and O–H groups in total. The lowest BCUT2D eigenvalue weighted by Crippen LogP contribution is -1.80. The third-order valence-corrected chi connectivity index (χ3v) is 4.91. The topological polar surface area (TPSA) is 0 Å². The van der Waals surface area contributed by atoms with Gasteiger partial charge < -0.3 is 0 Å². The SMILES string of the molecule is CCCCCCCCCCC.CCCCCCCCCCCCC. The fraction of sp³-hybridized carbons (Fsp3) is 1.00. The molecule has 0 unspecified atom stereocenters. The van der Waals surface area contributed by atoms with Crippen molar-refractivity contribution in [3.05, 3.63) is 0 Å². The molecule has 0 fully saturated rings. The summed E-state index contributed by atoms with van der Waals surface area (Å²) >= 11 is 0. The highest BCUT2D eigenvalue weighted by Gasteiger charge is 1.91. The summed E-state index contributed by atoms with van der Waals surface area (Å²) < 4.78 is 0. The Kier molecular flexibility index (Phi) is 30.4. The Hall–Kier alpha value is 0. The van der Waals surface area contributed by atoms with Crippen LogP contribution in [0.1, 0.15) is 156 Å². The maximum absolute atomic E-state index is 2.28. The van der Waals surface area contributed by atoms with Crippen LogP contribution in [-0.2, 0) is 0 Å². The molecule has 24 heavy (non-hydrogen) atoms. The predicted octanol–water partition coefficient (Wildman–Crippen LogP) is 9.85. The van der Waals surface area contributed by atoms with Crippen LogP contribution >= 0.6 is 0 Å². The Morgan fingerprint density at radius 3 is 0.458 bits per heavy atom. The van der Waals surface area contributed by atoms with Crippen LogP contribution in [0.25, 0.3) is 0 Å². The van der Waals surface area contributed by atoms with Crippen molar-refractivity contribution in [1.29, 1.82) is 0 Å². The summed E-state index contributed by atoms with van der Waals surface area (Å²) in [5.41, 5.74) is 0. The second-order valence-electron chi connectivity index (χ2n) is 7.66. The zero-order chi connectivity index (χ0) is 18.1. The molecule has 0 saturated carbocycles. The third-order valence-electron chi connectivity index (χ3n) is 4.91. The lowest BCUT2D eigenvalue weighted by atomic mass is 10.1. The molecule has 0 aliphatic heterocycles. The number of hydrogen-bond donors (Lipinski definition) is 0. The zero-order valence-electron chi connectivity index (χ0n) is 18.1. The lowest BCUT2D eigenvalue weighted by molar-refractivity contribution is 0.554. The van der Waals surface area contributed by atoms with E-state index in [1.54, 1.807) is 0 Å². The van der Waals surface area contributed by atoms with Gasteiger partial charge in [0.2, 0.25) is 0 Å². The smallest absolute Gasteiger partial charge is 0.0533 e. The Morgan fingerprint density at radius 2 is 0.333 bits per heavy atom. The van der Waals surface area contributed by atoms with Gasteiger partial charge in [0.25, 0.3) is 0 Å². The molecule has 0 radical (unpaired) electrons. The summed E-state index contributed by atoms with van der Waals surface area (Å²) in [6, 6.07) is 0. The maximum Gasteiger partial charge on any atom is -0.0533 e. The first-order chi connectivity index (χ1) is 11.8. The highest BCUT2D eigenvalue weighted by atomic mass is 14.0. The third kappa shape index (κ3) is 29.9. The van der Waals surface area contributed by atoms with Crippen LogP contribution in [0, 0.1) is 0 Å². The van der Waals surface area contributed by atoms with Gasteiger partial charge in [0, 0.05) is 0 Å². The molecule has 0 heteroatoms. The molecule has 0 nitrogen and oxygen atoms in total. The number of hydrogen-bond acceptors (Lipinski definition) is 0. The summed E-state index contributed by atoms with van der Waals surface area (Å²) in [4.78, 5) is 0. The van der Waals surface area contributed by atoms with Gasteiger partial charge in [-0.25, -0.2) is 0 Å². The largest absolute Gasteiger partial charge is 0.0654 e. The molecule has 0 aromatic carbocycles. The molecule has 0 aliphatic rings. The fourth-order valence-corrected chi connectivity index (χ4v) is 3.12. The normalized spacial score (nSPS) is 10.5. The van der Waals surface area contributed by atoms with E-state index in [9.17, 15) is 0 Å². The van der Waals surface area contributed by atoms with E-state index in [4.69, 9.17) is 0 Å². The number of rotatable bonds is 18. The Labute approximate surface area is 156 Å². The first-order valence-electron chi connectivity index (χ1n) is 11.8.